The van der Waals surface area contributed by atoms with Gasteiger partial charge in [0, 0.05) is 19.1 Å². The number of para-hydroxylation sites is 2. The van der Waals surface area contributed by atoms with E-state index in [9.17, 15) is 0 Å². The Hall–Kier alpha value is -1.26. The average molecular weight is 290 g/mol. The van der Waals surface area contributed by atoms with Crippen molar-refractivity contribution in [3.63, 3.8) is 0 Å². The fourth-order valence-corrected chi connectivity index (χ4v) is 3.26. The molecule has 4 heteroatoms. The average Bonchev–Trinajstić information content (AvgIpc) is 2.91. The van der Waals surface area contributed by atoms with Gasteiger partial charge in [-0.15, -0.1) is 0 Å². The van der Waals surface area contributed by atoms with Gasteiger partial charge in [-0.05, 0) is 44.7 Å². The topological polar surface area (TPSA) is 47.7 Å². The number of nitrogens with two attached hydrogens (primary N) is 1. The lowest BCUT2D eigenvalue weighted by Crippen LogP contribution is -2.43. The first-order valence-electron chi connectivity index (χ1n) is 8.10. The molecule has 2 aliphatic rings. The van der Waals surface area contributed by atoms with Crippen molar-refractivity contribution < 1.29 is 9.47 Å². The van der Waals surface area contributed by atoms with Crippen LogP contribution in [0.15, 0.2) is 24.3 Å². The Labute approximate surface area is 127 Å². The van der Waals surface area contributed by atoms with Gasteiger partial charge in [0.05, 0.1) is 17.9 Å². The fourth-order valence-electron chi connectivity index (χ4n) is 3.26. The molecule has 3 atom stereocenters. The van der Waals surface area contributed by atoms with Crippen LogP contribution in [0.4, 0.5) is 5.69 Å². The maximum Gasteiger partial charge on any atom is 0.142 e. The molecule has 0 saturated carbocycles. The molecule has 0 bridgehead atoms. The third-order valence-corrected chi connectivity index (χ3v) is 4.41. The van der Waals surface area contributed by atoms with Crippen molar-refractivity contribution in [1.82, 2.24) is 0 Å². The number of benzene rings is 1. The highest BCUT2D eigenvalue weighted by atomic mass is 16.5. The highest BCUT2D eigenvalue weighted by Crippen LogP contribution is 2.31. The van der Waals surface area contributed by atoms with Crippen molar-refractivity contribution >= 4 is 5.69 Å². The van der Waals surface area contributed by atoms with Gasteiger partial charge >= 0.3 is 0 Å². The van der Waals surface area contributed by atoms with Gasteiger partial charge in [-0.3, -0.25) is 0 Å². The van der Waals surface area contributed by atoms with Crippen LogP contribution in [0.1, 0.15) is 32.6 Å². The first kappa shape index (κ1) is 14.7. The molecule has 21 heavy (non-hydrogen) atoms. The van der Waals surface area contributed by atoms with Crippen LogP contribution in [0.2, 0.25) is 0 Å². The number of piperidine rings is 1. The van der Waals surface area contributed by atoms with E-state index < -0.39 is 0 Å². The van der Waals surface area contributed by atoms with Crippen LogP contribution in [-0.2, 0) is 4.74 Å². The van der Waals surface area contributed by atoms with E-state index in [4.69, 9.17) is 15.2 Å². The van der Waals surface area contributed by atoms with E-state index in [1.807, 2.05) is 12.1 Å². The van der Waals surface area contributed by atoms with Gasteiger partial charge in [-0.1, -0.05) is 12.1 Å². The molecule has 2 saturated heterocycles. The van der Waals surface area contributed by atoms with Crippen LogP contribution < -0.4 is 15.4 Å². The Balaban J connectivity index is 1.64. The SMILES string of the molecule is CC1CCC(COc2ccccc2N2CCCC(N)C2)O1. The maximum absolute atomic E-state index is 6.10. The molecule has 3 unspecified atom stereocenters. The second-order valence-electron chi connectivity index (χ2n) is 6.27. The standard InChI is InChI=1S/C17H26N2O2/c1-13-8-9-15(21-13)12-20-17-7-3-2-6-16(17)19-10-4-5-14(18)11-19/h2-3,6-7,13-15H,4-5,8-12,18H2,1H3. The van der Waals surface area contributed by atoms with E-state index in [2.05, 4.69) is 24.0 Å². The quantitative estimate of drug-likeness (QED) is 0.926. The van der Waals surface area contributed by atoms with Crippen LogP contribution in [0.25, 0.3) is 0 Å². The first-order valence-corrected chi connectivity index (χ1v) is 8.10. The molecule has 0 spiro atoms. The number of hydrogen-bond acceptors (Lipinski definition) is 4. The zero-order chi connectivity index (χ0) is 14.7. The lowest BCUT2D eigenvalue weighted by Gasteiger charge is -2.33. The lowest BCUT2D eigenvalue weighted by atomic mass is 10.1. The predicted octanol–water partition coefficient (Wildman–Crippen LogP) is 2.56. The van der Waals surface area contributed by atoms with Crippen molar-refractivity contribution in [2.45, 2.75) is 50.9 Å². The highest BCUT2D eigenvalue weighted by molar-refractivity contribution is 5.58. The van der Waals surface area contributed by atoms with Crippen molar-refractivity contribution in [2.24, 2.45) is 5.73 Å². The van der Waals surface area contributed by atoms with Crippen LogP contribution in [0, 0.1) is 0 Å². The Morgan fingerprint density at radius 2 is 2.14 bits per heavy atom. The Kier molecular flexibility index (Phi) is 4.66. The van der Waals surface area contributed by atoms with Gasteiger partial charge in [0.25, 0.3) is 0 Å². The minimum atomic E-state index is 0.233. The number of anilines is 1. The van der Waals surface area contributed by atoms with E-state index in [0.29, 0.717) is 12.7 Å². The summed E-state index contributed by atoms with van der Waals surface area (Å²) in [6.07, 6.45) is 5.10. The molecule has 116 valence electrons. The largest absolute Gasteiger partial charge is 0.489 e. The first-order chi connectivity index (χ1) is 10.2. The summed E-state index contributed by atoms with van der Waals surface area (Å²) in [7, 11) is 0. The number of nitrogens with zero attached hydrogens (tertiary/aromatic N) is 1. The Bertz CT molecular complexity index is 466. The fraction of sp³-hybridized carbons (Fsp3) is 0.647. The molecule has 0 aromatic heterocycles. The van der Waals surface area contributed by atoms with E-state index in [1.54, 1.807) is 0 Å². The van der Waals surface area contributed by atoms with Crippen molar-refractivity contribution in [1.29, 1.82) is 0 Å². The Morgan fingerprint density at radius 1 is 1.29 bits per heavy atom. The summed E-state index contributed by atoms with van der Waals surface area (Å²) in [4.78, 5) is 2.35. The van der Waals surface area contributed by atoms with Gasteiger partial charge in [0.15, 0.2) is 0 Å². The zero-order valence-corrected chi connectivity index (χ0v) is 12.8. The van der Waals surface area contributed by atoms with Crippen molar-refractivity contribution in [3.05, 3.63) is 24.3 Å². The maximum atomic E-state index is 6.10. The van der Waals surface area contributed by atoms with Gasteiger partial charge in [-0.2, -0.15) is 0 Å². The van der Waals surface area contributed by atoms with E-state index in [0.717, 1.165) is 44.5 Å². The van der Waals surface area contributed by atoms with Crippen LogP contribution in [-0.4, -0.2) is 37.9 Å². The van der Waals surface area contributed by atoms with Gasteiger partial charge in [-0.25, -0.2) is 0 Å². The van der Waals surface area contributed by atoms with Gasteiger partial charge in [0.1, 0.15) is 12.4 Å². The van der Waals surface area contributed by atoms with Crippen molar-refractivity contribution in [2.75, 3.05) is 24.6 Å². The molecular weight excluding hydrogens is 264 g/mol. The van der Waals surface area contributed by atoms with E-state index in [-0.39, 0.29) is 12.1 Å². The summed E-state index contributed by atoms with van der Waals surface area (Å²) in [5.41, 5.74) is 7.26. The molecular formula is C17H26N2O2. The van der Waals surface area contributed by atoms with Crippen molar-refractivity contribution in [3.8, 4) is 5.75 Å². The minimum Gasteiger partial charge on any atom is -0.489 e. The second-order valence-corrected chi connectivity index (χ2v) is 6.27. The molecule has 1 aromatic carbocycles. The lowest BCUT2D eigenvalue weighted by molar-refractivity contribution is 0.0265. The zero-order valence-electron chi connectivity index (χ0n) is 12.8. The predicted molar refractivity (Wildman–Crippen MR) is 84.9 cm³/mol. The van der Waals surface area contributed by atoms with Crippen LogP contribution in [0.5, 0.6) is 5.75 Å². The molecule has 2 fully saturated rings. The Morgan fingerprint density at radius 3 is 2.90 bits per heavy atom. The molecule has 2 heterocycles. The normalized spacial score (nSPS) is 29.6. The molecule has 4 nitrogen and oxygen atoms in total. The highest BCUT2D eigenvalue weighted by Gasteiger charge is 2.24. The van der Waals surface area contributed by atoms with Crippen LogP contribution in [0.3, 0.4) is 0 Å². The van der Waals surface area contributed by atoms with E-state index >= 15 is 0 Å². The summed E-state index contributed by atoms with van der Waals surface area (Å²) < 4.78 is 11.9. The molecule has 0 radical (unpaired) electrons. The van der Waals surface area contributed by atoms with Gasteiger partial charge in [0.2, 0.25) is 0 Å². The number of rotatable bonds is 4. The van der Waals surface area contributed by atoms with E-state index in [1.165, 1.54) is 5.69 Å². The summed E-state index contributed by atoms with van der Waals surface area (Å²) in [6.45, 7) is 4.74. The smallest absolute Gasteiger partial charge is 0.142 e. The van der Waals surface area contributed by atoms with Gasteiger partial charge < -0.3 is 20.1 Å². The molecule has 1 aromatic rings. The molecule has 3 rings (SSSR count). The molecule has 2 aliphatic heterocycles. The summed E-state index contributed by atoms with van der Waals surface area (Å²) in [5.74, 6) is 0.953. The number of ether oxygens (including phenoxy) is 2. The summed E-state index contributed by atoms with van der Waals surface area (Å²) >= 11 is 0. The minimum absolute atomic E-state index is 0.233. The molecule has 0 aliphatic carbocycles. The monoisotopic (exact) mass is 290 g/mol. The summed E-state index contributed by atoms with van der Waals surface area (Å²) in [6, 6.07) is 8.54. The number of hydrogen-bond donors (Lipinski definition) is 1. The third kappa shape index (κ3) is 3.69. The molecule has 2 N–H and O–H groups in total. The molecule has 0 amide bonds. The summed E-state index contributed by atoms with van der Waals surface area (Å²) in [5, 5.41) is 0. The second kappa shape index (κ2) is 6.67. The third-order valence-electron chi connectivity index (χ3n) is 4.41. The van der Waals surface area contributed by atoms with Crippen LogP contribution >= 0.6 is 0 Å².